The van der Waals surface area contributed by atoms with E-state index in [-0.39, 0.29) is 5.54 Å². The number of carboxylic acid groups (broad SMARTS) is 2. The van der Waals surface area contributed by atoms with Crippen LogP contribution in [0.2, 0.25) is 0 Å². The molecule has 1 amide bonds. The zero-order chi connectivity index (χ0) is 29.3. The number of carbonyl (C=O) groups is 3. The van der Waals surface area contributed by atoms with E-state index in [2.05, 4.69) is 30.8 Å². The standard InChI is InChI=1S/C19H29N3O2.2C2HF3O2/c1-15(2)10-18(23)22-13-19(14-22)11-16(7-9-21(19)3)12-24-17-6-4-5-8-20-17;2*3-2(4,5)1(6)7/h4-6,8,15-16H,7,9-14H2,1-3H3;2*(H,6,7). The minimum Gasteiger partial charge on any atom is -0.477 e. The summed E-state index contributed by atoms with van der Waals surface area (Å²) in [4.78, 5) is 38.7. The lowest BCUT2D eigenvalue weighted by atomic mass is 9.75. The van der Waals surface area contributed by atoms with Gasteiger partial charge in [-0.15, -0.1) is 0 Å². The molecule has 0 aliphatic carbocycles. The third-order valence-electron chi connectivity index (χ3n) is 5.85. The molecule has 0 aromatic carbocycles. The Balaban J connectivity index is 0.000000426. The van der Waals surface area contributed by atoms with Gasteiger partial charge in [0.05, 0.1) is 12.1 Å². The van der Waals surface area contributed by atoms with Crippen molar-refractivity contribution in [1.29, 1.82) is 0 Å². The molecule has 2 saturated heterocycles. The maximum Gasteiger partial charge on any atom is 0.490 e. The maximum atomic E-state index is 12.2. The molecule has 2 fully saturated rings. The number of aliphatic carboxylic acids is 2. The van der Waals surface area contributed by atoms with E-state index >= 15 is 0 Å². The third kappa shape index (κ3) is 10.7. The van der Waals surface area contributed by atoms with E-state index < -0.39 is 24.3 Å². The first-order valence-corrected chi connectivity index (χ1v) is 11.5. The number of aromatic nitrogens is 1. The number of hydrogen-bond donors (Lipinski definition) is 2. The Bertz CT molecular complexity index is 896. The molecule has 216 valence electrons. The highest BCUT2D eigenvalue weighted by molar-refractivity contribution is 5.77. The number of carbonyl (C=O) groups excluding carboxylic acids is 1. The number of likely N-dealkylation sites (tertiary alicyclic amines) is 2. The van der Waals surface area contributed by atoms with Crippen molar-refractivity contribution in [1.82, 2.24) is 14.8 Å². The average Bonchev–Trinajstić information content (AvgIpc) is 2.77. The molecule has 9 nitrogen and oxygen atoms in total. The van der Waals surface area contributed by atoms with Crippen LogP contribution in [0.5, 0.6) is 5.88 Å². The van der Waals surface area contributed by atoms with Gasteiger partial charge in [0.1, 0.15) is 0 Å². The van der Waals surface area contributed by atoms with Crippen LogP contribution in [0, 0.1) is 11.8 Å². The smallest absolute Gasteiger partial charge is 0.477 e. The summed E-state index contributed by atoms with van der Waals surface area (Å²) in [6.07, 6.45) is -5.51. The maximum absolute atomic E-state index is 12.2. The van der Waals surface area contributed by atoms with Crippen LogP contribution in [-0.2, 0) is 14.4 Å². The van der Waals surface area contributed by atoms with Crippen LogP contribution in [0.4, 0.5) is 26.3 Å². The molecule has 0 saturated carbocycles. The van der Waals surface area contributed by atoms with Gasteiger partial charge >= 0.3 is 24.3 Å². The number of carboxylic acids is 2. The summed E-state index contributed by atoms with van der Waals surface area (Å²) in [5.41, 5.74) is 0.156. The lowest BCUT2D eigenvalue weighted by Crippen LogP contribution is -2.72. The Labute approximate surface area is 215 Å². The summed E-state index contributed by atoms with van der Waals surface area (Å²) in [7, 11) is 2.19. The van der Waals surface area contributed by atoms with Crippen molar-refractivity contribution < 1.29 is 55.7 Å². The average molecular weight is 560 g/mol. The highest BCUT2D eigenvalue weighted by Gasteiger charge is 2.50. The molecule has 1 spiro atoms. The summed E-state index contributed by atoms with van der Waals surface area (Å²) in [5, 5.41) is 14.2. The normalized spacial score (nSPS) is 18.9. The number of rotatable bonds is 5. The fraction of sp³-hybridized carbons (Fsp3) is 0.652. The number of likely N-dealkylation sites (N-methyl/N-ethyl adjacent to an activating group) is 1. The Morgan fingerprint density at radius 3 is 2.03 bits per heavy atom. The van der Waals surface area contributed by atoms with Crippen LogP contribution in [0.25, 0.3) is 0 Å². The molecular formula is C23H31F6N3O6. The van der Waals surface area contributed by atoms with Crippen molar-refractivity contribution in [3.8, 4) is 5.88 Å². The largest absolute Gasteiger partial charge is 0.490 e. The summed E-state index contributed by atoms with van der Waals surface area (Å²) < 4.78 is 69.3. The van der Waals surface area contributed by atoms with Crippen LogP contribution >= 0.6 is 0 Å². The van der Waals surface area contributed by atoms with Crippen LogP contribution in [0.1, 0.15) is 33.1 Å². The molecule has 1 unspecified atom stereocenters. The summed E-state index contributed by atoms with van der Waals surface area (Å²) in [5.74, 6) is -3.55. The van der Waals surface area contributed by atoms with Gasteiger partial charge in [0.15, 0.2) is 0 Å². The fourth-order valence-corrected chi connectivity index (χ4v) is 3.88. The second-order valence-corrected chi connectivity index (χ2v) is 9.44. The first-order valence-electron chi connectivity index (χ1n) is 11.5. The van der Waals surface area contributed by atoms with Crippen molar-refractivity contribution in [2.45, 2.75) is 51.0 Å². The lowest BCUT2D eigenvalue weighted by molar-refractivity contribution is -0.193. The molecule has 1 aromatic rings. The highest BCUT2D eigenvalue weighted by Crippen LogP contribution is 2.38. The monoisotopic (exact) mass is 559 g/mol. The van der Waals surface area contributed by atoms with Gasteiger partial charge in [-0.3, -0.25) is 9.69 Å². The van der Waals surface area contributed by atoms with Gasteiger partial charge in [-0.2, -0.15) is 26.3 Å². The van der Waals surface area contributed by atoms with Gasteiger partial charge in [0.25, 0.3) is 0 Å². The van der Waals surface area contributed by atoms with Crippen molar-refractivity contribution in [3.63, 3.8) is 0 Å². The molecule has 2 aliphatic heterocycles. The first-order chi connectivity index (χ1) is 17.4. The minimum atomic E-state index is -5.08. The SMILES string of the molecule is CC(C)CC(=O)N1CC2(CC(COc3ccccn3)CCN2C)C1.O=C(O)C(F)(F)F.O=C(O)C(F)(F)F. The van der Waals surface area contributed by atoms with Crippen molar-refractivity contribution in [2.24, 2.45) is 11.8 Å². The molecular weight excluding hydrogens is 528 g/mol. The van der Waals surface area contributed by atoms with Crippen molar-refractivity contribution >= 4 is 17.8 Å². The number of pyridine rings is 1. The molecule has 15 heteroatoms. The predicted molar refractivity (Wildman–Crippen MR) is 121 cm³/mol. The van der Waals surface area contributed by atoms with Crippen molar-refractivity contribution in [3.05, 3.63) is 24.4 Å². The van der Waals surface area contributed by atoms with Gasteiger partial charge in [-0.1, -0.05) is 19.9 Å². The summed E-state index contributed by atoms with van der Waals surface area (Å²) in [6, 6.07) is 5.75. The van der Waals surface area contributed by atoms with E-state index in [0.717, 1.165) is 32.5 Å². The zero-order valence-electron chi connectivity index (χ0n) is 21.1. The van der Waals surface area contributed by atoms with Crippen LogP contribution in [0.3, 0.4) is 0 Å². The molecule has 3 rings (SSSR count). The van der Waals surface area contributed by atoms with Gasteiger partial charge in [-0.05, 0) is 44.3 Å². The Morgan fingerprint density at radius 1 is 1.08 bits per heavy atom. The van der Waals surface area contributed by atoms with Gasteiger partial charge in [0, 0.05) is 31.8 Å². The molecule has 2 aliphatic rings. The second kappa shape index (κ2) is 13.6. The van der Waals surface area contributed by atoms with Gasteiger partial charge in [-0.25, -0.2) is 14.6 Å². The quantitative estimate of drug-likeness (QED) is 0.525. The number of alkyl halides is 6. The van der Waals surface area contributed by atoms with Crippen LogP contribution < -0.4 is 4.74 Å². The number of amides is 1. The Kier molecular flexibility index (Phi) is 11.8. The third-order valence-corrected chi connectivity index (χ3v) is 5.85. The fourth-order valence-electron chi connectivity index (χ4n) is 3.88. The van der Waals surface area contributed by atoms with Crippen molar-refractivity contribution in [2.75, 3.05) is 33.3 Å². The van der Waals surface area contributed by atoms with E-state index in [4.69, 9.17) is 24.5 Å². The van der Waals surface area contributed by atoms with E-state index in [0.29, 0.717) is 36.7 Å². The van der Waals surface area contributed by atoms with E-state index in [1.165, 1.54) is 0 Å². The molecule has 38 heavy (non-hydrogen) atoms. The Hall–Kier alpha value is -3.10. The van der Waals surface area contributed by atoms with E-state index in [9.17, 15) is 31.1 Å². The number of ether oxygens (including phenoxy) is 1. The number of nitrogens with zero attached hydrogens (tertiary/aromatic N) is 3. The summed E-state index contributed by atoms with van der Waals surface area (Å²) >= 11 is 0. The minimum absolute atomic E-state index is 0.156. The van der Waals surface area contributed by atoms with Crippen LogP contribution in [-0.4, -0.2) is 94.0 Å². The van der Waals surface area contributed by atoms with Gasteiger partial charge in [0.2, 0.25) is 11.8 Å². The van der Waals surface area contributed by atoms with Gasteiger partial charge < -0.3 is 19.8 Å². The predicted octanol–water partition coefficient (Wildman–Crippen LogP) is 3.70. The van der Waals surface area contributed by atoms with E-state index in [1.54, 1.807) is 6.20 Å². The Morgan fingerprint density at radius 2 is 1.61 bits per heavy atom. The molecule has 3 heterocycles. The van der Waals surface area contributed by atoms with Crippen LogP contribution in [0.15, 0.2) is 24.4 Å². The second-order valence-electron chi connectivity index (χ2n) is 9.44. The summed E-state index contributed by atoms with van der Waals surface area (Å²) in [6.45, 7) is 7.73. The topological polar surface area (TPSA) is 120 Å². The number of hydrogen-bond acceptors (Lipinski definition) is 6. The number of piperidine rings is 1. The highest BCUT2D eigenvalue weighted by atomic mass is 19.4. The molecule has 1 atom stereocenters. The molecule has 0 radical (unpaired) electrons. The van der Waals surface area contributed by atoms with E-state index in [1.807, 2.05) is 23.1 Å². The number of halogens is 6. The molecule has 2 N–H and O–H groups in total. The molecule has 1 aromatic heterocycles. The zero-order valence-corrected chi connectivity index (χ0v) is 21.1. The lowest BCUT2D eigenvalue weighted by Gasteiger charge is -2.58. The molecule has 0 bridgehead atoms. The first kappa shape index (κ1) is 32.9.